The van der Waals surface area contributed by atoms with Gasteiger partial charge in [-0.25, -0.2) is 0 Å². The summed E-state index contributed by atoms with van der Waals surface area (Å²) in [4.78, 5) is 15.1. The van der Waals surface area contributed by atoms with E-state index in [1.54, 1.807) is 0 Å². The van der Waals surface area contributed by atoms with Crippen molar-refractivity contribution in [1.29, 1.82) is 0 Å². The molecule has 1 aliphatic rings. The minimum absolute atomic E-state index is 0.137. The molecule has 0 aromatic heterocycles. The van der Waals surface area contributed by atoms with Gasteiger partial charge in [-0.15, -0.1) is 0 Å². The molecule has 1 amide bonds. The van der Waals surface area contributed by atoms with Crippen molar-refractivity contribution in [2.45, 2.75) is 39.5 Å². The van der Waals surface area contributed by atoms with Gasteiger partial charge in [0.05, 0.1) is 4.99 Å². The predicted octanol–water partition coefficient (Wildman–Crippen LogP) is 3.17. The zero-order valence-corrected chi connectivity index (χ0v) is 13.7. The molecule has 21 heavy (non-hydrogen) atoms. The Kier molecular flexibility index (Phi) is 4.99. The van der Waals surface area contributed by atoms with Crippen LogP contribution in [0, 0.1) is 5.41 Å². The zero-order chi connectivity index (χ0) is 15.5. The third-order valence-corrected chi connectivity index (χ3v) is 4.86. The number of fused-ring (bicyclic) bond motifs is 1. The third kappa shape index (κ3) is 3.82. The van der Waals surface area contributed by atoms with Crippen LogP contribution in [-0.4, -0.2) is 28.9 Å². The molecule has 1 aromatic carbocycles. The number of hydrogen-bond acceptors (Lipinski definition) is 2. The number of thiocarbonyl (C=S) groups is 1. The first-order valence-electron chi connectivity index (χ1n) is 7.59. The summed E-state index contributed by atoms with van der Waals surface area (Å²) in [5.74, 6) is 0.163. The van der Waals surface area contributed by atoms with Gasteiger partial charge < -0.3 is 10.6 Å². The van der Waals surface area contributed by atoms with Crippen molar-refractivity contribution in [3.63, 3.8) is 0 Å². The van der Waals surface area contributed by atoms with Crippen LogP contribution in [0.15, 0.2) is 24.3 Å². The lowest BCUT2D eigenvalue weighted by Gasteiger charge is -2.26. The first kappa shape index (κ1) is 16.0. The van der Waals surface area contributed by atoms with E-state index in [0.717, 1.165) is 44.3 Å². The van der Waals surface area contributed by atoms with Crippen LogP contribution in [-0.2, 0) is 6.42 Å². The van der Waals surface area contributed by atoms with Crippen molar-refractivity contribution in [3.8, 4) is 0 Å². The van der Waals surface area contributed by atoms with E-state index < -0.39 is 0 Å². The zero-order valence-electron chi connectivity index (χ0n) is 12.9. The number of aryl methyl sites for hydroxylation is 1. The fourth-order valence-electron chi connectivity index (χ4n) is 2.73. The van der Waals surface area contributed by atoms with Gasteiger partial charge in [0.1, 0.15) is 0 Å². The molecule has 0 saturated heterocycles. The number of nitrogens with two attached hydrogens (primary N) is 1. The van der Waals surface area contributed by atoms with E-state index in [0.29, 0.717) is 4.99 Å². The van der Waals surface area contributed by atoms with Crippen LogP contribution in [0.2, 0.25) is 0 Å². The van der Waals surface area contributed by atoms with E-state index >= 15 is 0 Å². The number of carbonyl (C=O) groups excluding carboxylic acids is 1. The topological polar surface area (TPSA) is 46.3 Å². The molecule has 0 saturated carbocycles. The fourth-order valence-corrected chi connectivity index (χ4v) is 2.83. The summed E-state index contributed by atoms with van der Waals surface area (Å²) >= 11 is 5.10. The standard InChI is InChI=1S/C17H24N2OS/c1-17(2,16(18)21)10-6-12-19-11-5-8-13-7-3-4-9-14(13)15(19)20/h3-4,7,9H,5-6,8,10-12H2,1-2H3,(H2,18,21). The molecule has 0 atom stereocenters. The third-order valence-electron chi connectivity index (χ3n) is 4.31. The highest BCUT2D eigenvalue weighted by molar-refractivity contribution is 7.80. The van der Waals surface area contributed by atoms with Gasteiger partial charge in [-0.2, -0.15) is 0 Å². The summed E-state index contributed by atoms with van der Waals surface area (Å²) in [5.41, 5.74) is 7.66. The first-order chi connectivity index (χ1) is 9.92. The number of amides is 1. The van der Waals surface area contributed by atoms with Crippen LogP contribution >= 0.6 is 12.2 Å². The van der Waals surface area contributed by atoms with Crippen LogP contribution in [0.3, 0.4) is 0 Å². The first-order valence-corrected chi connectivity index (χ1v) is 8.00. The van der Waals surface area contributed by atoms with Gasteiger partial charge in [-0.3, -0.25) is 4.79 Å². The molecular weight excluding hydrogens is 280 g/mol. The highest BCUT2D eigenvalue weighted by atomic mass is 32.1. The Morgan fingerprint density at radius 2 is 2.10 bits per heavy atom. The molecule has 114 valence electrons. The largest absolute Gasteiger partial charge is 0.393 e. The Balaban J connectivity index is 1.99. The maximum atomic E-state index is 12.6. The molecule has 0 bridgehead atoms. The van der Waals surface area contributed by atoms with Crippen molar-refractivity contribution in [2.75, 3.05) is 13.1 Å². The summed E-state index contributed by atoms with van der Waals surface area (Å²) in [6.07, 6.45) is 3.85. The van der Waals surface area contributed by atoms with Crippen LogP contribution in [0.4, 0.5) is 0 Å². The Bertz CT molecular complexity index is 539. The lowest BCUT2D eigenvalue weighted by molar-refractivity contribution is 0.0755. The maximum Gasteiger partial charge on any atom is 0.254 e. The molecule has 0 spiro atoms. The Morgan fingerprint density at radius 3 is 2.81 bits per heavy atom. The number of hydrogen-bond donors (Lipinski definition) is 1. The van der Waals surface area contributed by atoms with Gasteiger partial charge in [0.25, 0.3) is 5.91 Å². The van der Waals surface area contributed by atoms with E-state index in [1.807, 2.05) is 23.1 Å². The minimum atomic E-state index is -0.137. The maximum absolute atomic E-state index is 12.6. The molecule has 0 fully saturated rings. The van der Waals surface area contributed by atoms with E-state index in [4.69, 9.17) is 18.0 Å². The second-order valence-corrected chi connectivity index (χ2v) is 6.84. The van der Waals surface area contributed by atoms with Crippen molar-refractivity contribution < 1.29 is 4.79 Å². The second kappa shape index (κ2) is 6.56. The molecule has 0 aliphatic carbocycles. The molecule has 1 aliphatic heterocycles. The van der Waals surface area contributed by atoms with E-state index in [2.05, 4.69) is 19.9 Å². The molecule has 1 heterocycles. The molecule has 0 radical (unpaired) electrons. The number of carbonyl (C=O) groups is 1. The van der Waals surface area contributed by atoms with Crippen molar-refractivity contribution >= 4 is 23.1 Å². The Labute approximate surface area is 132 Å². The Hall–Kier alpha value is -1.42. The van der Waals surface area contributed by atoms with Crippen LogP contribution in [0.5, 0.6) is 0 Å². The van der Waals surface area contributed by atoms with E-state index in [-0.39, 0.29) is 11.3 Å². The monoisotopic (exact) mass is 304 g/mol. The van der Waals surface area contributed by atoms with Gasteiger partial charge >= 0.3 is 0 Å². The smallest absolute Gasteiger partial charge is 0.254 e. The van der Waals surface area contributed by atoms with E-state index in [1.165, 1.54) is 5.56 Å². The highest BCUT2D eigenvalue weighted by Gasteiger charge is 2.24. The lowest BCUT2D eigenvalue weighted by Crippen LogP contribution is -2.34. The molecule has 2 rings (SSSR count). The molecular formula is C17H24N2OS. The SMILES string of the molecule is CC(C)(CCCN1CCCc2ccccc2C1=O)C(N)=S. The fraction of sp³-hybridized carbons (Fsp3) is 0.529. The molecule has 3 nitrogen and oxygen atoms in total. The minimum Gasteiger partial charge on any atom is -0.393 e. The molecule has 1 aromatic rings. The van der Waals surface area contributed by atoms with Crippen molar-refractivity contribution in [2.24, 2.45) is 11.1 Å². The summed E-state index contributed by atoms with van der Waals surface area (Å²) < 4.78 is 0. The van der Waals surface area contributed by atoms with Crippen molar-refractivity contribution in [3.05, 3.63) is 35.4 Å². The molecule has 0 unspecified atom stereocenters. The quantitative estimate of drug-likeness (QED) is 0.850. The average Bonchev–Trinajstić information content (AvgIpc) is 2.59. The number of nitrogens with zero attached hydrogens (tertiary/aromatic N) is 1. The second-order valence-electron chi connectivity index (χ2n) is 6.40. The lowest BCUT2D eigenvalue weighted by atomic mass is 9.88. The average molecular weight is 304 g/mol. The summed E-state index contributed by atoms with van der Waals surface area (Å²) in [6, 6.07) is 7.95. The summed E-state index contributed by atoms with van der Waals surface area (Å²) in [5, 5.41) is 0. The number of benzene rings is 1. The van der Waals surface area contributed by atoms with Gasteiger partial charge in [0, 0.05) is 24.1 Å². The van der Waals surface area contributed by atoms with Gasteiger partial charge in [-0.1, -0.05) is 44.3 Å². The van der Waals surface area contributed by atoms with Gasteiger partial charge in [0.2, 0.25) is 0 Å². The van der Waals surface area contributed by atoms with Crippen LogP contribution in [0.25, 0.3) is 0 Å². The van der Waals surface area contributed by atoms with Gasteiger partial charge in [-0.05, 0) is 37.3 Å². The summed E-state index contributed by atoms with van der Waals surface area (Å²) in [7, 11) is 0. The summed E-state index contributed by atoms with van der Waals surface area (Å²) in [6.45, 7) is 5.74. The normalized spacial score (nSPS) is 15.5. The Morgan fingerprint density at radius 1 is 1.38 bits per heavy atom. The molecule has 2 N–H and O–H groups in total. The van der Waals surface area contributed by atoms with Gasteiger partial charge in [0.15, 0.2) is 0 Å². The molecule has 4 heteroatoms. The van der Waals surface area contributed by atoms with Crippen molar-refractivity contribution in [1.82, 2.24) is 4.90 Å². The predicted molar refractivity (Wildman–Crippen MR) is 90.5 cm³/mol. The van der Waals surface area contributed by atoms with E-state index in [9.17, 15) is 4.79 Å². The van der Waals surface area contributed by atoms with Crippen LogP contribution in [0.1, 0.15) is 49.0 Å². The van der Waals surface area contributed by atoms with Crippen LogP contribution < -0.4 is 5.73 Å². The number of rotatable bonds is 5. The highest BCUT2D eigenvalue weighted by Crippen LogP contribution is 2.24.